The van der Waals surface area contributed by atoms with Gasteiger partial charge in [-0.25, -0.2) is 0 Å². The van der Waals surface area contributed by atoms with Crippen molar-refractivity contribution in [2.45, 2.75) is 37.6 Å². The summed E-state index contributed by atoms with van der Waals surface area (Å²) < 4.78 is 4.95. The van der Waals surface area contributed by atoms with Crippen LogP contribution in [0.4, 0.5) is 0 Å². The summed E-state index contributed by atoms with van der Waals surface area (Å²) in [6.45, 7) is 0.494. The molecule has 3 heteroatoms. The summed E-state index contributed by atoms with van der Waals surface area (Å²) in [4.78, 5) is 0. The van der Waals surface area contributed by atoms with Gasteiger partial charge in [0.1, 0.15) is 0 Å². The zero-order chi connectivity index (χ0) is 7.90. The average Bonchev–Trinajstić information content (AvgIpc) is 2.66. The second-order valence-electron chi connectivity index (χ2n) is 3.66. The average molecular weight is 158 g/mol. The van der Waals surface area contributed by atoms with Gasteiger partial charge in [-0.05, 0) is 18.8 Å². The normalized spacial score (nSPS) is 45.8. The molecule has 0 spiro atoms. The third-order valence-corrected chi connectivity index (χ3v) is 2.71. The standard InChI is InChI=1S/C8H14O3/c9-7-5-8(10,3-4-11-7)6-1-2-6/h6-7,9-10H,1-5H2. The third-order valence-electron chi connectivity index (χ3n) is 2.71. The van der Waals surface area contributed by atoms with E-state index >= 15 is 0 Å². The maximum Gasteiger partial charge on any atom is 0.157 e. The molecule has 2 N–H and O–H groups in total. The molecule has 1 heterocycles. The zero-order valence-corrected chi connectivity index (χ0v) is 6.49. The van der Waals surface area contributed by atoms with Crippen LogP contribution in [0.15, 0.2) is 0 Å². The lowest BCUT2D eigenvalue weighted by Crippen LogP contribution is -2.42. The Morgan fingerprint density at radius 2 is 2.09 bits per heavy atom. The number of hydrogen-bond acceptors (Lipinski definition) is 3. The fourth-order valence-electron chi connectivity index (χ4n) is 1.83. The highest BCUT2D eigenvalue weighted by atomic mass is 16.6. The first kappa shape index (κ1) is 7.53. The number of hydrogen-bond donors (Lipinski definition) is 2. The molecule has 3 nitrogen and oxygen atoms in total. The van der Waals surface area contributed by atoms with Gasteiger partial charge in [-0.1, -0.05) is 0 Å². The van der Waals surface area contributed by atoms with Gasteiger partial charge in [-0.15, -0.1) is 0 Å². The largest absolute Gasteiger partial charge is 0.389 e. The Kier molecular flexibility index (Phi) is 1.67. The molecule has 1 saturated heterocycles. The minimum absolute atomic E-state index is 0.400. The molecule has 0 aromatic heterocycles. The Hall–Kier alpha value is -0.120. The molecular weight excluding hydrogens is 144 g/mol. The first-order valence-electron chi connectivity index (χ1n) is 4.23. The molecule has 0 bridgehead atoms. The summed E-state index contributed by atoms with van der Waals surface area (Å²) in [5.41, 5.74) is -0.613. The molecule has 11 heavy (non-hydrogen) atoms. The maximum atomic E-state index is 9.94. The molecule has 2 fully saturated rings. The van der Waals surface area contributed by atoms with E-state index in [0.29, 0.717) is 25.4 Å². The van der Waals surface area contributed by atoms with E-state index in [9.17, 15) is 5.11 Å². The van der Waals surface area contributed by atoms with E-state index in [-0.39, 0.29) is 0 Å². The molecule has 2 rings (SSSR count). The molecule has 2 unspecified atom stereocenters. The highest BCUT2D eigenvalue weighted by Crippen LogP contribution is 2.45. The Balaban J connectivity index is 1.99. The Bertz CT molecular complexity index is 155. The Morgan fingerprint density at radius 3 is 2.64 bits per heavy atom. The number of ether oxygens (including phenoxy) is 1. The van der Waals surface area contributed by atoms with Crippen molar-refractivity contribution >= 4 is 0 Å². The first-order valence-corrected chi connectivity index (χ1v) is 4.23. The summed E-state index contributed by atoms with van der Waals surface area (Å²) in [7, 11) is 0. The van der Waals surface area contributed by atoms with Crippen molar-refractivity contribution in [1.82, 2.24) is 0 Å². The van der Waals surface area contributed by atoms with E-state index in [2.05, 4.69) is 0 Å². The molecule has 1 aliphatic carbocycles. The van der Waals surface area contributed by atoms with Crippen molar-refractivity contribution in [3.8, 4) is 0 Å². The van der Waals surface area contributed by atoms with Crippen LogP contribution < -0.4 is 0 Å². The van der Waals surface area contributed by atoms with Gasteiger partial charge in [0.05, 0.1) is 12.2 Å². The lowest BCUT2D eigenvalue weighted by molar-refractivity contribution is -0.191. The van der Waals surface area contributed by atoms with Gasteiger partial charge in [0.2, 0.25) is 0 Å². The van der Waals surface area contributed by atoms with E-state index in [0.717, 1.165) is 12.8 Å². The minimum Gasteiger partial charge on any atom is -0.389 e. The maximum absolute atomic E-state index is 9.94. The van der Waals surface area contributed by atoms with Crippen LogP contribution in [0.1, 0.15) is 25.7 Å². The Labute approximate surface area is 66.0 Å². The highest BCUT2D eigenvalue weighted by molar-refractivity contribution is 4.96. The van der Waals surface area contributed by atoms with Gasteiger partial charge in [-0.3, -0.25) is 0 Å². The van der Waals surface area contributed by atoms with Crippen LogP contribution in [0, 0.1) is 5.92 Å². The molecule has 1 aliphatic heterocycles. The van der Waals surface area contributed by atoms with Crippen LogP contribution in [0.25, 0.3) is 0 Å². The molecule has 64 valence electrons. The van der Waals surface area contributed by atoms with Gasteiger partial charge in [0.15, 0.2) is 6.29 Å². The van der Waals surface area contributed by atoms with Crippen molar-refractivity contribution < 1.29 is 14.9 Å². The molecule has 2 aliphatic rings. The van der Waals surface area contributed by atoms with Crippen LogP contribution in [-0.4, -0.2) is 28.7 Å². The summed E-state index contributed by atoms with van der Waals surface area (Å²) in [6, 6.07) is 0. The van der Waals surface area contributed by atoms with Gasteiger partial charge in [-0.2, -0.15) is 0 Å². The molecule has 0 aromatic rings. The smallest absolute Gasteiger partial charge is 0.157 e. The summed E-state index contributed by atoms with van der Waals surface area (Å²) >= 11 is 0. The van der Waals surface area contributed by atoms with E-state index in [1.807, 2.05) is 0 Å². The number of aliphatic hydroxyl groups is 2. The SMILES string of the molecule is OC1CC(O)(C2CC2)CCO1. The predicted octanol–water partition coefficient (Wildman–Crippen LogP) is 0.256. The molecule has 1 saturated carbocycles. The second-order valence-corrected chi connectivity index (χ2v) is 3.66. The summed E-state index contributed by atoms with van der Waals surface area (Å²) in [6.07, 6.45) is 2.58. The minimum atomic E-state index is -0.741. The first-order chi connectivity index (χ1) is 5.21. The van der Waals surface area contributed by atoms with Crippen LogP contribution in [-0.2, 0) is 4.74 Å². The summed E-state index contributed by atoms with van der Waals surface area (Å²) in [5.74, 6) is 0.432. The van der Waals surface area contributed by atoms with Crippen LogP contribution in [0.2, 0.25) is 0 Å². The monoisotopic (exact) mass is 158 g/mol. The van der Waals surface area contributed by atoms with E-state index in [1.54, 1.807) is 0 Å². The van der Waals surface area contributed by atoms with Crippen LogP contribution >= 0.6 is 0 Å². The lowest BCUT2D eigenvalue weighted by atomic mass is 9.88. The molecule has 0 radical (unpaired) electrons. The zero-order valence-electron chi connectivity index (χ0n) is 6.49. The fraction of sp³-hybridized carbons (Fsp3) is 1.00. The van der Waals surface area contributed by atoms with Gasteiger partial charge >= 0.3 is 0 Å². The van der Waals surface area contributed by atoms with Gasteiger partial charge in [0, 0.05) is 12.8 Å². The van der Waals surface area contributed by atoms with Crippen molar-refractivity contribution in [3.63, 3.8) is 0 Å². The molecular formula is C8H14O3. The number of rotatable bonds is 1. The fourth-order valence-corrected chi connectivity index (χ4v) is 1.83. The predicted molar refractivity (Wildman–Crippen MR) is 38.9 cm³/mol. The summed E-state index contributed by atoms with van der Waals surface area (Å²) in [5, 5.41) is 19.1. The third kappa shape index (κ3) is 1.41. The van der Waals surface area contributed by atoms with Crippen LogP contribution in [0.3, 0.4) is 0 Å². The van der Waals surface area contributed by atoms with Crippen molar-refractivity contribution in [2.75, 3.05) is 6.61 Å². The highest BCUT2D eigenvalue weighted by Gasteiger charge is 2.46. The van der Waals surface area contributed by atoms with Crippen LogP contribution in [0.5, 0.6) is 0 Å². The molecule has 2 atom stereocenters. The van der Waals surface area contributed by atoms with E-state index in [4.69, 9.17) is 9.84 Å². The topological polar surface area (TPSA) is 49.7 Å². The Morgan fingerprint density at radius 1 is 1.36 bits per heavy atom. The van der Waals surface area contributed by atoms with Gasteiger partial charge < -0.3 is 14.9 Å². The van der Waals surface area contributed by atoms with Crippen molar-refractivity contribution in [1.29, 1.82) is 0 Å². The second kappa shape index (κ2) is 2.44. The lowest BCUT2D eigenvalue weighted by Gasteiger charge is -2.34. The van der Waals surface area contributed by atoms with Crippen molar-refractivity contribution in [2.24, 2.45) is 5.92 Å². The molecule has 0 amide bonds. The van der Waals surface area contributed by atoms with E-state index in [1.165, 1.54) is 0 Å². The van der Waals surface area contributed by atoms with E-state index < -0.39 is 11.9 Å². The number of aliphatic hydroxyl groups excluding tert-OH is 1. The quantitative estimate of drug-likeness (QED) is 0.575. The molecule has 0 aromatic carbocycles. The van der Waals surface area contributed by atoms with Gasteiger partial charge in [0.25, 0.3) is 0 Å². The van der Waals surface area contributed by atoms with Crippen molar-refractivity contribution in [3.05, 3.63) is 0 Å².